The van der Waals surface area contributed by atoms with Crippen LogP contribution in [-0.4, -0.2) is 28.1 Å². The lowest BCUT2D eigenvalue weighted by Crippen LogP contribution is -2.07. The molecule has 0 aliphatic carbocycles. The third-order valence-corrected chi connectivity index (χ3v) is 3.78. The first-order chi connectivity index (χ1) is 9.19. The minimum Gasteiger partial charge on any atom is -0.478 e. The van der Waals surface area contributed by atoms with Crippen molar-refractivity contribution in [2.75, 3.05) is 18.5 Å². The van der Waals surface area contributed by atoms with Gasteiger partial charge in [0.2, 0.25) is 5.88 Å². The summed E-state index contributed by atoms with van der Waals surface area (Å²) in [4.78, 5) is 14.0. The Hall–Kier alpha value is -1.69. The molecule has 0 aliphatic heterocycles. The number of hydrogen-bond acceptors (Lipinski definition) is 6. The summed E-state index contributed by atoms with van der Waals surface area (Å²) in [5.74, 6) is 1.38. The molecule has 2 heterocycles. The molecule has 5 nitrogen and oxygen atoms in total. The highest BCUT2D eigenvalue weighted by Crippen LogP contribution is 2.17. The molecule has 0 spiro atoms. The molecule has 0 aromatic carbocycles. The van der Waals surface area contributed by atoms with E-state index in [9.17, 15) is 0 Å². The number of ether oxygens (including phenoxy) is 1. The van der Waals surface area contributed by atoms with Gasteiger partial charge in [-0.25, -0.2) is 15.0 Å². The van der Waals surface area contributed by atoms with Crippen LogP contribution in [0.1, 0.15) is 22.5 Å². The van der Waals surface area contributed by atoms with Crippen LogP contribution in [0.3, 0.4) is 0 Å². The van der Waals surface area contributed by atoms with Crippen LogP contribution in [0.4, 0.5) is 5.82 Å². The molecule has 0 atom stereocenters. The zero-order valence-electron chi connectivity index (χ0n) is 11.4. The van der Waals surface area contributed by atoms with Crippen molar-refractivity contribution in [3.8, 4) is 5.88 Å². The maximum Gasteiger partial charge on any atom is 0.218 e. The molecule has 2 aromatic rings. The van der Waals surface area contributed by atoms with E-state index < -0.39 is 0 Å². The van der Waals surface area contributed by atoms with Crippen LogP contribution in [0.2, 0.25) is 0 Å². The maximum absolute atomic E-state index is 5.33. The Balaban J connectivity index is 1.86. The number of aromatic nitrogens is 3. The van der Waals surface area contributed by atoms with Gasteiger partial charge in [-0.3, -0.25) is 0 Å². The van der Waals surface area contributed by atoms with Crippen molar-refractivity contribution < 1.29 is 4.74 Å². The Morgan fingerprint density at radius 2 is 2.16 bits per heavy atom. The van der Waals surface area contributed by atoms with Crippen LogP contribution in [-0.2, 0) is 6.42 Å². The Bertz CT molecular complexity index is 522. The smallest absolute Gasteiger partial charge is 0.218 e. The molecule has 1 N–H and O–H groups in total. The molecule has 19 heavy (non-hydrogen) atoms. The minimum absolute atomic E-state index is 0.598. The predicted octanol–water partition coefficient (Wildman–Crippen LogP) is 2.60. The van der Waals surface area contributed by atoms with Crippen LogP contribution in [0, 0.1) is 13.8 Å². The molecular formula is C13H18N4OS. The summed E-state index contributed by atoms with van der Waals surface area (Å²) in [6, 6.07) is 1.81. The van der Waals surface area contributed by atoms with Crippen LogP contribution in [0.25, 0.3) is 0 Å². The average Bonchev–Trinajstić information content (AvgIpc) is 2.70. The van der Waals surface area contributed by atoms with Gasteiger partial charge in [0, 0.05) is 23.9 Å². The van der Waals surface area contributed by atoms with E-state index in [1.165, 1.54) is 11.2 Å². The Morgan fingerprint density at radius 1 is 1.32 bits per heavy atom. The van der Waals surface area contributed by atoms with Crippen LogP contribution in [0.5, 0.6) is 5.88 Å². The standard InChI is InChI=1S/C13H18N4OS/c1-4-18-12-7-11(15-8-16-12)14-6-5-13-17-9(2)10(3)19-13/h7-8H,4-6H2,1-3H3,(H,14,15,16). The second-order valence-electron chi connectivity index (χ2n) is 4.10. The molecule has 0 fully saturated rings. The van der Waals surface area contributed by atoms with Crippen LogP contribution in [0.15, 0.2) is 12.4 Å². The largest absolute Gasteiger partial charge is 0.478 e. The quantitative estimate of drug-likeness (QED) is 0.880. The number of rotatable bonds is 6. The first-order valence-electron chi connectivity index (χ1n) is 6.30. The fourth-order valence-electron chi connectivity index (χ4n) is 1.61. The highest BCUT2D eigenvalue weighted by molar-refractivity contribution is 7.11. The maximum atomic E-state index is 5.33. The zero-order valence-corrected chi connectivity index (χ0v) is 12.3. The summed E-state index contributed by atoms with van der Waals surface area (Å²) >= 11 is 1.75. The van der Waals surface area contributed by atoms with Gasteiger partial charge in [-0.15, -0.1) is 11.3 Å². The third-order valence-electron chi connectivity index (χ3n) is 2.65. The molecule has 0 saturated heterocycles. The van der Waals surface area contributed by atoms with Crippen molar-refractivity contribution in [2.24, 2.45) is 0 Å². The van der Waals surface area contributed by atoms with Crippen molar-refractivity contribution in [1.29, 1.82) is 0 Å². The van der Waals surface area contributed by atoms with E-state index in [2.05, 4.69) is 27.2 Å². The average molecular weight is 278 g/mol. The molecule has 0 aliphatic rings. The number of aryl methyl sites for hydroxylation is 2. The van der Waals surface area contributed by atoms with Gasteiger partial charge < -0.3 is 10.1 Å². The van der Waals surface area contributed by atoms with Crippen molar-refractivity contribution >= 4 is 17.2 Å². The highest BCUT2D eigenvalue weighted by atomic mass is 32.1. The SMILES string of the molecule is CCOc1cc(NCCc2nc(C)c(C)s2)ncn1. The topological polar surface area (TPSA) is 59.9 Å². The lowest BCUT2D eigenvalue weighted by Gasteiger charge is -2.06. The first-order valence-corrected chi connectivity index (χ1v) is 7.12. The van der Waals surface area contributed by atoms with E-state index in [-0.39, 0.29) is 0 Å². The molecule has 2 aromatic heterocycles. The molecular weight excluding hydrogens is 260 g/mol. The van der Waals surface area contributed by atoms with Crippen LogP contribution < -0.4 is 10.1 Å². The molecule has 2 rings (SSSR count). The molecule has 6 heteroatoms. The summed E-state index contributed by atoms with van der Waals surface area (Å²) in [7, 11) is 0. The van der Waals surface area contributed by atoms with Gasteiger partial charge in [0.1, 0.15) is 12.1 Å². The van der Waals surface area contributed by atoms with Gasteiger partial charge in [-0.1, -0.05) is 0 Å². The van der Waals surface area contributed by atoms with Crippen molar-refractivity contribution in [3.63, 3.8) is 0 Å². The molecule has 0 unspecified atom stereocenters. The van der Waals surface area contributed by atoms with Gasteiger partial charge in [-0.2, -0.15) is 0 Å². The number of nitrogens with zero attached hydrogens (tertiary/aromatic N) is 3. The number of anilines is 1. The number of nitrogens with one attached hydrogen (secondary N) is 1. The van der Waals surface area contributed by atoms with Gasteiger partial charge >= 0.3 is 0 Å². The van der Waals surface area contributed by atoms with Crippen molar-refractivity contribution in [2.45, 2.75) is 27.2 Å². The van der Waals surface area contributed by atoms with E-state index in [1.807, 2.05) is 19.9 Å². The predicted molar refractivity (Wildman–Crippen MR) is 77.0 cm³/mol. The summed E-state index contributed by atoms with van der Waals surface area (Å²) in [5, 5.41) is 4.41. The lowest BCUT2D eigenvalue weighted by atomic mass is 10.4. The van der Waals surface area contributed by atoms with Gasteiger partial charge in [0.05, 0.1) is 17.3 Å². The monoisotopic (exact) mass is 278 g/mol. The summed E-state index contributed by atoms with van der Waals surface area (Å²) < 4.78 is 5.33. The fraction of sp³-hybridized carbons (Fsp3) is 0.462. The Kier molecular flexibility index (Phi) is 4.68. The van der Waals surface area contributed by atoms with Gasteiger partial charge in [0.25, 0.3) is 0 Å². The van der Waals surface area contributed by atoms with Gasteiger partial charge in [-0.05, 0) is 20.8 Å². The normalized spacial score (nSPS) is 10.5. The molecule has 0 amide bonds. The van der Waals surface area contributed by atoms with Crippen molar-refractivity contribution in [1.82, 2.24) is 15.0 Å². The van der Waals surface area contributed by atoms with Gasteiger partial charge in [0.15, 0.2) is 0 Å². The van der Waals surface area contributed by atoms with Crippen LogP contribution >= 0.6 is 11.3 Å². The van der Waals surface area contributed by atoms with E-state index in [0.717, 1.165) is 29.5 Å². The number of hydrogen-bond donors (Lipinski definition) is 1. The third kappa shape index (κ3) is 3.89. The highest BCUT2D eigenvalue weighted by Gasteiger charge is 2.04. The summed E-state index contributed by atoms with van der Waals surface area (Å²) in [6.45, 7) is 7.48. The Labute approximate surface area is 117 Å². The summed E-state index contributed by atoms with van der Waals surface area (Å²) in [6.07, 6.45) is 2.40. The zero-order chi connectivity index (χ0) is 13.7. The minimum atomic E-state index is 0.598. The second-order valence-corrected chi connectivity index (χ2v) is 5.39. The van der Waals surface area contributed by atoms with E-state index in [0.29, 0.717) is 12.5 Å². The number of thiazole rings is 1. The van der Waals surface area contributed by atoms with E-state index in [1.54, 1.807) is 11.3 Å². The molecule has 0 saturated carbocycles. The molecule has 0 radical (unpaired) electrons. The van der Waals surface area contributed by atoms with E-state index in [4.69, 9.17) is 4.74 Å². The molecule has 102 valence electrons. The van der Waals surface area contributed by atoms with Crippen molar-refractivity contribution in [3.05, 3.63) is 28.0 Å². The Morgan fingerprint density at radius 3 is 2.84 bits per heavy atom. The second kappa shape index (κ2) is 6.47. The lowest BCUT2D eigenvalue weighted by molar-refractivity contribution is 0.326. The van der Waals surface area contributed by atoms with E-state index >= 15 is 0 Å². The fourth-order valence-corrected chi connectivity index (χ4v) is 2.54. The first kappa shape index (κ1) is 13.7. The summed E-state index contributed by atoms with van der Waals surface area (Å²) in [5.41, 5.74) is 1.13. The molecule has 0 bridgehead atoms.